The standard InChI is InChI=1S/C18H28FN5O.HI/c1-3-9-21-17(25)14-22-18(20-4-2)24-12-10-23(11-13-24)16-8-6-5-7-15(16)19;/h5-8H,3-4,9-14H2,1-2H3,(H,20,22)(H,21,25);1H. The highest BCUT2D eigenvalue weighted by Crippen LogP contribution is 2.20. The molecule has 0 radical (unpaired) electrons. The van der Waals surface area contributed by atoms with E-state index >= 15 is 0 Å². The van der Waals surface area contributed by atoms with E-state index in [1.54, 1.807) is 6.07 Å². The van der Waals surface area contributed by atoms with E-state index in [-0.39, 0.29) is 42.2 Å². The van der Waals surface area contributed by atoms with Crippen LogP contribution in [0.2, 0.25) is 0 Å². The Morgan fingerprint density at radius 3 is 2.46 bits per heavy atom. The van der Waals surface area contributed by atoms with E-state index < -0.39 is 0 Å². The Bertz CT molecular complexity index is 591. The predicted octanol–water partition coefficient (Wildman–Crippen LogP) is 2.06. The lowest BCUT2D eigenvalue weighted by Crippen LogP contribution is -2.53. The average molecular weight is 477 g/mol. The minimum atomic E-state index is -0.191. The fraction of sp³-hybridized carbons (Fsp3) is 0.556. The smallest absolute Gasteiger partial charge is 0.241 e. The highest BCUT2D eigenvalue weighted by atomic mass is 127. The van der Waals surface area contributed by atoms with Crippen molar-refractivity contribution in [2.24, 2.45) is 4.99 Å². The molecule has 0 aromatic heterocycles. The first-order valence-corrected chi connectivity index (χ1v) is 8.95. The fourth-order valence-electron chi connectivity index (χ4n) is 2.76. The summed E-state index contributed by atoms with van der Waals surface area (Å²) < 4.78 is 13.9. The number of halogens is 2. The number of carbonyl (C=O) groups is 1. The Labute approximate surface area is 172 Å². The summed E-state index contributed by atoms with van der Waals surface area (Å²) in [5.74, 6) is 0.480. The Morgan fingerprint density at radius 1 is 1.15 bits per heavy atom. The van der Waals surface area contributed by atoms with Crippen molar-refractivity contribution in [3.8, 4) is 0 Å². The summed E-state index contributed by atoms with van der Waals surface area (Å²) >= 11 is 0. The quantitative estimate of drug-likeness (QED) is 0.374. The molecule has 1 saturated heterocycles. The van der Waals surface area contributed by atoms with Crippen molar-refractivity contribution < 1.29 is 9.18 Å². The van der Waals surface area contributed by atoms with Crippen LogP contribution >= 0.6 is 24.0 Å². The average Bonchev–Trinajstić information content (AvgIpc) is 2.64. The zero-order valence-corrected chi connectivity index (χ0v) is 17.8. The van der Waals surface area contributed by atoms with Crippen LogP contribution in [-0.4, -0.2) is 62.6 Å². The lowest BCUT2D eigenvalue weighted by molar-refractivity contribution is -0.119. The molecule has 2 rings (SSSR count). The van der Waals surface area contributed by atoms with Crippen molar-refractivity contribution in [2.75, 3.05) is 50.7 Å². The number of guanidine groups is 1. The minimum absolute atomic E-state index is 0. The second kappa shape index (κ2) is 11.9. The molecular formula is C18H29FIN5O. The van der Waals surface area contributed by atoms with Gasteiger partial charge in [-0.3, -0.25) is 4.79 Å². The van der Waals surface area contributed by atoms with Gasteiger partial charge in [-0.2, -0.15) is 0 Å². The van der Waals surface area contributed by atoms with Crippen LogP contribution in [0.1, 0.15) is 20.3 Å². The van der Waals surface area contributed by atoms with E-state index in [0.29, 0.717) is 25.3 Å². The van der Waals surface area contributed by atoms with Gasteiger partial charge in [-0.15, -0.1) is 24.0 Å². The zero-order valence-electron chi connectivity index (χ0n) is 15.5. The number of benzene rings is 1. The lowest BCUT2D eigenvalue weighted by Gasteiger charge is -2.37. The summed E-state index contributed by atoms with van der Waals surface area (Å²) in [5, 5.41) is 6.06. The number of piperazine rings is 1. The van der Waals surface area contributed by atoms with Crippen LogP contribution in [0, 0.1) is 5.82 Å². The van der Waals surface area contributed by atoms with Crippen molar-refractivity contribution in [1.82, 2.24) is 15.5 Å². The van der Waals surface area contributed by atoms with Gasteiger partial charge in [0.25, 0.3) is 0 Å². The molecule has 1 amide bonds. The van der Waals surface area contributed by atoms with Crippen molar-refractivity contribution in [3.05, 3.63) is 30.1 Å². The third kappa shape index (κ3) is 6.62. The highest BCUT2D eigenvalue weighted by Gasteiger charge is 2.21. The number of anilines is 1. The van der Waals surface area contributed by atoms with Gasteiger partial charge in [0.15, 0.2) is 5.96 Å². The SMILES string of the molecule is CCCNC(=O)CN=C(NCC)N1CCN(c2ccccc2F)CC1.I. The molecular weight excluding hydrogens is 448 g/mol. The van der Waals surface area contributed by atoms with Crippen LogP contribution in [0.15, 0.2) is 29.3 Å². The third-order valence-corrected chi connectivity index (χ3v) is 4.05. The van der Waals surface area contributed by atoms with Gasteiger partial charge in [0, 0.05) is 39.3 Å². The molecule has 1 aliphatic heterocycles. The largest absolute Gasteiger partial charge is 0.366 e. The van der Waals surface area contributed by atoms with Crippen LogP contribution in [0.3, 0.4) is 0 Å². The summed E-state index contributed by atoms with van der Waals surface area (Å²) in [6.07, 6.45) is 0.910. The summed E-state index contributed by atoms with van der Waals surface area (Å²) in [7, 11) is 0. The molecule has 0 atom stereocenters. The number of para-hydroxylation sites is 1. The second-order valence-electron chi connectivity index (χ2n) is 5.95. The molecule has 1 fully saturated rings. The van der Waals surface area contributed by atoms with Crippen LogP contribution in [0.5, 0.6) is 0 Å². The molecule has 26 heavy (non-hydrogen) atoms. The number of amides is 1. The third-order valence-electron chi connectivity index (χ3n) is 4.05. The van der Waals surface area contributed by atoms with Gasteiger partial charge in [0.2, 0.25) is 5.91 Å². The van der Waals surface area contributed by atoms with E-state index in [9.17, 15) is 9.18 Å². The molecule has 2 N–H and O–H groups in total. The molecule has 6 nitrogen and oxygen atoms in total. The number of rotatable bonds is 6. The first-order chi connectivity index (χ1) is 12.2. The van der Waals surface area contributed by atoms with Gasteiger partial charge in [0.1, 0.15) is 12.4 Å². The predicted molar refractivity (Wildman–Crippen MR) is 115 cm³/mol. The molecule has 1 aromatic rings. The molecule has 0 spiro atoms. The number of hydrogen-bond donors (Lipinski definition) is 2. The summed E-state index contributed by atoms with van der Waals surface area (Å²) in [6.45, 7) is 8.45. The van der Waals surface area contributed by atoms with E-state index in [4.69, 9.17) is 0 Å². The van der Waals surface area contributed by atoms with E-state index in [2.05, 4.69) is 20.5 Å². The molecule has 1 aliphatic rings. The number of nitrogens with zero attached hydrogens (tertiary/aromatic N) is 3. The summed E-state index contributed by atoms with van der Waals surface area (Å²) in [6, 6.07) is 6.85. The molecule has 1 heterocycles. The van der Waals surface area contributed by atoms with Gasteiger partial charge >= 0.3 is 0 Å². The topological polar surface area (TPSA) is 60.0 Å². The number of carbonyl (C=O) groups excluding carboxylic acids is 1. The first-order valence-electron chi connectivity index (χ1n) is 8.95. The first kappa shape index (κ1) is 22.5. The van der Waals surface area contributed by atoms with Gasteiger partial charge < -0.3 is 20.4 Å². The van der Waals surface area contributed by atoms with Crippen LogP contribution in [0.25, 0.3) is 0 Å². The summed E-state index contributed by atoms with van der Waals surface area (Å²) in [5.41, 5.74) is 0.642. The van der Waals surface area contributed by atoms with Crippen LogP contribution < -0.4 is 15.5 Å². The fourth-order valence-corrected chi connectivity index (χ4v) is 2.76. The number of nitrogens with one attached hydrogen (secondary N) is 2. The number of aliphatic imine (C=N–C) groups is 1. The maximum atomic E-state index is 13.9. The van der Waals surface area contributed by atoms with Gasteiger partial charge in [-0.1, -0.05) is 19.1 Å². The number of hydrogen-bond acceptors (Lipinski definition) is 3. The lowest BCUT2D eigenvalue weighted by atomic mass is 10.2. The molecule has 1 aromatic carbocycles. The molecule has 0 saturated carbocycles. The van der Waals surface area contributed by atoms with Crippen molar-refractivity contribution in [1.29, 1.82) is 0 Å². The van der Waals surface area contributed by atoms with Gasteiger partial charge in [0.05, 0.1) is 5.69 Å². The monoisotopic (exact) mass is 477 g/mol. The van der Waals surface area contributed by atoms with Crippen molar-refractivity contribution in [2.45, 2.75) is 20.3 Å². The van der Waals surface area contributed by atoms with Gasteiger partial charge in [-0.25, -0.2) is 9.38 Å². The van der Waals surface area contributed by atoms with E-state index in [1.807, 2.05) is 30.9 Å². The molecule has 146 valence electrons. The Hall–Kier alpha value is -1.58. The Morgan fingerprint density at radius 2 is 1.85 bits per heavy atom. The maximum absolute atomic E-state index is 13.9. The van der Waals surface area contributed by atoms with E-state index in [0.717, 1.165) is 32.0 Å². The molecule has 0 unspecified atom stereocenters. The molecule has 0 bridgehead atoms. The van der Waals surface area contributed by atoms with Crippen LogP contribution in [0.4, 0.5) is 10.1 Å². The zero-order chi connectivity index (χ0) is 18.1. The van der Waals surface area contributed by atoms with E-state index in [1.165, 1.54) is 6.07 Å². The Kier molecular flexibility index (Phi) is 10.3. The van der Waals surface area contributed by atoms with Gasteiger partial charge in [-0.05, 0) is 25.5 Å². The maximum Gasteiger partial charge on any atom is 0.241 e. The molecule has 0 aliphatic carbocycles. The second-order valence-corrected chi connectivity index (χ2v) is 5.95. The summed E-state index contributed by atoms with van der Waals surface area (Å²) in [4.78, 5) is 20.3. The highest BCUT2D eigenvalue weighted by molar-refractivity contribution is 14.0. The minimum Gasteiger partial charge on any atom is -0.366 e. The van der Waals surface area contributed by atoms with Crippen molar-refractivity contribution in [3.63, 3.8) is 0 Å². The van der Waals surface area contributed by atoms with Crippen molar-refractivity contribution >= 4 is 41.5 Å². The molecule has 8 heteroatoms. The normalized spacial score (nSPS) is 14.7. The Balaban J connectivity index is 0.00000338. The van der Waals surface area contributed by atoms with Crippen LogP contribution in [-0.2, 0) is 4.79 Å².